The topological polar surface area (TPSA) is 104 Å². The lowest BCUT2D eigenvalue weighted by Crippen LogP contribution is -2.38. The van der Waals surface area contributed by atoms with Crippen LogP contribution in [0.1, 0.15) is 50.5 Å². The van der Waals surface area contributed by atoms with Gasteiger partial charge in [0.15, 0.2) is 11.5 Å². The second kappa shape index (κ2) is 8.03. The van der Waals surface area contributed by atoms with Crippen molar-refractivity contribution < 1.29 is 19.9 Å². The Balaban J connectivity index is 1.60. The van der Waals surface area contributed by atoms with Gasteiger partial charge in [-0.3, -0.25) is 19.8 Å². The zero-order valence-electron chi connectivity index (χ0n) is 14.9. The van der Waals surface area contributed by atoms with Crippen LogP contribution in [-0.4, -0.2) is 38.9 Å². The SMILES string of the molecule is O=C(C1CCCCC1)C1CCN(Cc2cc(O)c(O)cc2[N+](=O)[O-])CC1. The molecule has 0 unspecified atom stereocenters. The number of nitro benzene ring substituents is 1. The molecule has 1 aromatic carbocycles. The Hall–Kier alpha value is -2.15. The van der Waals surface area contributed by atoms with Crippen LogP contribution in [0, 0.1) is 22.0 Å². The number of rotatable bonds is 5. The predicted octanol–water partition coefficient (Wildman–Crippen LogP) is 3.37. The number of carbonyl (C=O) groups excluding carboxylic acids is 1. The summed E-state index contributed by atoms with van der Waals surface area (Å²) in [6.07, 6.45) is 7.17. The Bertz CT molecular complexity index is 677. The summed E-state index contributed by atoms with van der Waals surface area (Å²) in [5.74, 6) is -0.0872. The number of ketones is 1. The van der Waals surface area contributed by atoms with Crippen molar-refractivity contribution in [3.8, 4) is 11.5 Å². The molecule has 0 radical (unpaired) electrons. The van der Waals surface area contributed by atoms with Crippen LogP contribution in [0.4, 0.5) is 5.69 Å². The number of carbonyl (C=O) groups is 1. The van der Waals surface area contributed by atoms with Gasteiger partial charge in [0.2, 0.25) is 0 Å². The first-order valence-electron chi connectivity index (χ1n) is 9.41. The molecule has 0 bridgehead atoms. The number of benzene rings is 1. The van der Waals surface area contributed by atoms with Gasteiger partial charge in [-0.2, -0.15) is 0 Å². The van der Waals surface area contributed by atoms with E-state index in [-0.39, 0.29) is 23.3 Å². The lowest BCUT2D eigenvalue weighted by molar-refractivity contribution is -0.385. The molecule has 2 N–H and O–H groups in total. The number of nitro groups is 1. The molecule has 7 heteroatoms. The molecule has 0 amide bonds. The number of likely N-dealkylation sites (tertiary alicyclic amines) is 1. The maximum Gasteiger partial charge on any atom is 0.277 e. The normalized spacial score (nSPS) is 20.2. The highest BCUT2D eigenvalue weighted by atomic mass is 16.6. The van der Waals surface area contributed by atoms with Gasteiger partial charge in [0.25, 0.3) is 5.69 Å². The van der Waals surface area contributed by atoms with Crippen molar-refractivity contribution in [2.24, 2.45) is 11.8 Å². The second-order valence-electron chi connectivity index (χ2n) is 7.51. The molecule has 0 atom stereocenters. The van der Waals surface area contributed by atoms with Gasteiger partial charge >= 0.3 is 0 Å². The molecule has 1 saturated carbocycles. The van der Waals surface area contributed by atoms with Crippen LogP contribution < -0.4 is 0 Å². The fraction of sp³-hybridized carbons (Fsp3) is 0.632. The number of hydrogen-bond donors (Lipinski definition) is 2. The molecule has 2 fully saturated rings. The van der Waals surface area contributed by atoms with Crippen molar-refractivity contribution in [3.05, 3.63) is 27.8 Å². The summed E-state index contributed by atoms with van der Waals surface area (Å²) >= 11 is 0. The first-order chi connectivity index (χ1) is 12.5. The third-order valence-electron chi connectivity index (χ3n) is 5.76. The molecule has 142 valence electrons. The summed E-state index contributed by atoms with van der Waals surface area (Å²) < 4.78 is 0. The number of hydrogen-bond acceptors (Lipinski definition) is 6. The zero-order chi connectivity index (χ0) is 18.7. The van der Waals surface area contributed by atoms with E-state index in [2.05, 4.69) is 4.90 Å². The third kappa shape index (κ3) is 4.15. The van der Waals surface area contributed by atoms with E-state index in [0.29, 0.717) is 31.0 Å². The van der Waals surface area contributed by atoms with Gasteiger partial charge in [0, 0.05) is 23.9 Å². The Kier molecular flexibility index (Phi) is 5.76. The first-order valence-corrected chi connectivity index (χ1v) is 9.41. The van der Waals surface area contributed by atoms with E-state index in [1.165, 1.54) is 12.5 Å². The molecule has 2 aliphatic rings. The van der Waals surface area contributed by atoms with E-state index in [4.69, 9.17) is 0 Å². The van der Waals surface area contributed by atoms with Crippen molar-refractivity contribution in [1.82, 2.24) is 4.90 Å². The smallest absolute Gasteiger partial charge is 0.277 e. The molecule has 1 heterocycles. The van der Waals surface area contributed by atoms with Crippen molar-refractivity contribution in [1.29, 1.82) is 0 Å². The number of phenols is 2. The second-order valence-corrected chi connectivity index (χ2v) is 7.51. The van der Waals surface area contributed by atoms with E-state index >= 15 is 0 Å². The monoisotopic (exact) mass is 362 g/mol. The molecule has 0 spiro atoms. The zero-order valence-corrected chi connectivity index (χ0v) is 14.9. The van der Waals surface area contributed by atoms with Gasteiger partial charge in [-0.1, -0.05) is 19.3 Å². The van der Waals surface area contributed by atoms with Crippen molar-refractivity contribution in [2.45, 2.75) is 51.5 Å². The molecular weight excluding hydrogens is 336 g/mol. The maximum absolute atomic E-state index is 12.7. The van der Waals surface area contributed by atoms with Gasteiger partial charge in [0.05, 0.1) is 11.0 Å². The van der Waals surface area contributed by atoms with Crippen LogP contribution in [0.15, 0.2) is 12.1 Å². The lowest BCUT2D eigenvalue weighted by Gasteiger charge is -2.33. The van der Waals surface area contributed by atoms with E-state index in [0.717, 1.165) is 44.6 Å². The highest BCUT2D eigenvalue weighted by molar-refractivity contribution is 5.83. The summed E-state index contributed by atoms with van der Waals surface area (Å²) in [5.41, 5.74) is 0.183. The summed E-state index contributed by atoms with van der Waals surface area (Å²) in [6.45, 7) is 1.75. The standard InChI is InChI=1S/C19H26N2O5/c22-17-10-15(16(21(25)26)11-18(17)23)12-20-8-6-14(7-9-20)19(24)13-4-2-1-3-5-13/h10-11,13-14,22-23H,1-9,12H2. The summed E-state index contributed by atoms with van der Waals surface area (Å²) in [4.78, 5) is 25.4. The van der Waals surface area contributed by atoms with Crippen LogP contribution in [0.5, 0.6) is 11.5 Å². The lowest BCUT2D eigenvalue weighted by atomic mass is 9.78. The highest BCUT2D eigenvalue weighted by Gasteiger charge is 2.31. The van der Waals surface area contributed by atoms with E-state index in [9.17, 15) is 25.1 Å². The third-order valence-corrected chi connectivity index (χ3v) is 5.76. The van der Waals surface area contributed by atoms with Gasteiger partial charge in [-0.15, -0.1) is 0 Å². The Morgan fingerprint density at radius 3 is 2.23 bits per heavy atom. The molecule has 1 aliphatic heterocycles. The Morgan fingerprint density at radius 2 is 1.62 bits per heavy atom. The van der Waals surface area contributed by atoms with E-state index < -0.39 is 10.7 Å². The summed E-state index contributed by atoms with van der Waals surface area (Å²) in [7, 11) is 0. The van der Waals surface area contributed by atoms with Gasteiger partial charge < -0.3 is 10.2 Å². The molecule has 1 aliphatic carbocycles. The van der Waals surface area contributed by atoms with E-state index in [1.54, 1.807) is 0 Å². The fourth-order valence-corrected chi connectivity index (χ4v) is 4.24. The predicted molar refractivity (Wildman–Crippen MR) is 96.0 cm³/mol. The summed E-state index contributed by atoms with van der Waals surface area (Å²) in [5, 5.41) is 30.3. The van der Waals surface area contributed by atoms with Crippen molar-refractivity contribution in [2.75, 3.05) is 13.1 Å². The highest BCUT2D eigenvalue weighted by Crippen LogP contribution is 2.35. The quantitative estimate of drug-likeness (QED) is 0.473. The van der Waals surface area contributed by atoms with Crippen molar-refractivity contribution in [3.63, 3.8) is 0 Å². The number of piperidine rings is 1. The van der Waals surface area contributed by atoms with Crippen LogP contribution in [-0.2, 0) is 11.3 Å². The molecule has 3 rings (SSSR count). The minimum atomic E-state index is -0.548. The molecule has 26 heavy (non-hydrogen) atoms. The van der Waals surface area contributed by atoms with E-state index in [1.807, 2.05) is 0 Å². The minimum Gasteiger partial charge on any atom is -0.504 e. The largest absolute Gasteiger partial charge is 0.504 e. The maximum atomic E-state index is 12.7. The average Bonchev–Trinajstić information content (AvgIpc) is 2.65. The number of aromatic hydroxyl groups is 2. The van der Waals surface area contributed by atoms with Gasteiger partial charge in [0.1, 0.15) is 5.78 Å². The molecular formula is C19H26N2O5. The average molecular weight is 362 g/mol. The molecule has 1 aromatic rings. The molecule has 1 saturated heterocycles. The van der Waals surface area contributed by atoms with Crippen molar-refractivity contribution >= 4 is 11.5 Å². The fourth-order valence-electron chi connectivity index (χ4n) is 4.24. The Labute approximate surface area is 152 Å². The summed E-state index contributed by atoms with van der Waals surface area (Å²) in [6, 6.07) is 2.25. The minimum absolute atomic E-state index is 0.109. The van der Waals surface area contributed by atoms with Gasteiger partial charge in [-0.25, -0.2) is 0 Å². The van der Waals surface area contributed by atoms with Crippen LogP contribution in [0.25, 0.3) is 0 Å². The molecule has 7 nitrogen and oxygen atoms in total. The Morgan fingerprint density at radius 1 is 1.04 bits per heavy atom. The first kappa shape index (κ1) is 18.6. The van der Waals surface area contributed by atoms with Crippen LogP contribution in [0.3, 0.4) is 0 Å². The van der Waals surface area contributed by atoms with Crippen LogP contribution in [0.2, 0.25) is 0 Å². The number of phenolic OH excluding ortho intramolecular Hbond substituents is 2. The van der Waals surface area contributed by atoms with Gasteiger partial charge in [-0.05, 0) is 44.8 Å². The number of nitrogens with zero attached hydrogens (tertiary/aromatic N) is 2. The number of Topliss-reactive ketones (excluding diaryl/α,β-unsaturated/α-hetero) is 1. The molecule has 0 aromatic heterocycles. The van der Waals surface area contributed by atoms with Crippen LogP contribution >= 0.6 is 0 Å².